The van der Waals surface area contributed by atoms with Gasteiger partial charge in [0.2, 0.25) is 0 Å². The minimum Gasteiger partial charge on any atom is -0.315 e. The molecule has 0 heterocycles. The van der Waals surface area contributed by atoms with Gasteiger partial charge in [-0.25, -0.2) is 4.79 Å². The van der Waals surface area contributed by atoms with E-state index in [1.54, 1.807) is 40.9 Å². The molecule has 18 heavy (non-hydrogen) atoms. The maximum atomic E-state index is 12.1. The van der Waals surface area contributed by atoms with Crippen molar-refractivity contribution in [2.24, 2.45) is 5.92 Å². The Bertz CT molecular complexity index is 394. The molecule has 1 atom stereocenters. The summed E-state index contributed by atoms with van der Waals surface area (Å²) in [7, 11) is 1.81. The van der Waals surface area contributed by atoms with Gasteiger partial charge in [-0.1, -0.05) is 25.4 Å². The Balaban J connectivity index is 2.67. The summed E-state index contributed by atoms with van der Waals surface area (Å²) in [4.78, 5) is 13.8. The van der Waals surface area contributed by atoms with E-state index in [1.807, 2.05) is 13.3 Å². The summed E-state index contributed by atoms with van der Waals surface area (Å²) in [6, 6.07) is 6.98. The molecule has 0 saturated carbocycles. The average Bonchev–Trinajstić information content (AvgIpc) is 2.32. The van der Waals surface area contributed by atoms with Crippen LogP contribution in [0.1, 0.15) is 13.8 Å². The molecule has 0 fully saturated rings. The fourth-order valence-electron chi connectivity index (χ4n) is 1.74. The molecule has 1 aromatic carbocycles. The molecule has 0 saturated heterocycles. The van der Waals surface area contributed by atoms with Crippen LogP contribution in [0.2, 0.25) is 5.02 Å². The van der Waals surface area contributed by atoms with Gasteiger partial charge in [-0.2, -0.15) is 0 Å². The first kappa shape index (κ1) is 15.2. The molecule has 1 unspecified atom stereocenters. The number of rotatable bonds is 4. The lowest BCUT2D eigenvalue weighted by atomic mass is 10.2. The number of hydrogen-bond acceptors (Lipinski definition) is 2. The van der Waals surface area contributed by atoms with Crippen LogP contribution in [0.5, 0.6) is 0 Å². The van der Waals surface area contributed by atoms with E-state index in [2.05, 4.69) is 19.2 Å². The highest BCUT2D eigenvalue weighted by atomic mass is 35.5. The molecule has 0 aliphatic carbocycles. The van der Waals surface area contributed by atoms with E-state index in [0.717, 1.165) is 5.69 Å². The Hall–Kier alpha value is -0.870. The second-order valence-corrected chi connectivity index (χ2v) is 5.81. The van der Waals surface area contributed by atoms with Crippen molar-refractivity contribution in [3.8, 4) is 0 Å². The summed E-state index contributed by atoms with van der Waals surface area (Å²) in [5.41, 5.74) is 0.750. The van der Waals surface area contributed by atoms with Crippen molar-refractivity contribution in [3.63, 3.8) is 0 Å². The van der Waals surface area contributed by atoms with Gasteiger partial charge in [0.05, 0.1) is 5.37 Å². The van der Waals surface area contributed by atoms with Gasteiger partial charge in [0, 0.05) is 17.8 Å². The van der Waals surface area contributed by atoms with Gasteiger partial charge in [-0.15, -0.1) is 11.8 Å². The van der Waals surface area contributed by atoms with Crippen LogP contribution in [0.15, 0.2) is 24.3 Å². The van der Waals surface area contributed by atoms with Crippen LogP contribution < -0.4 is 5.32 Å². The van der Waals surface area contributed by atoms with Gasteiger partial charge in [0.25, 0.3) is 0 Å². The highest BCUT2D eigenvalue weighted by molar-refractivity contribution is 7.99. The minimum absolute atomic E-state index is 0.106. The number of hydrogen-bond donors (Lipinski definition) is 1. The molecule has 5 heteroatoms. The Morgan fingerprint density at radius 1 is 1.33 bits per heavy atom. The van der Waals surface area contributed by atoms with E-state index in [-0.39, 0.29) is 11.4 Å². The van der Waals surface area contributed by atoms with Crippen molar-refractivity contribution in [3.05, 3.63) is 29.3 Å². The first-order valence-corrected chi connectivity index (χ1v) is 7.44. The van der Waals surface area contributed by atoms with Crippen LogP contribution >= 0.6 is 23.4 Å². The van der Waals surface area contributed by atoms with E-state index in [4.69, 9.17) is 11.6 Å². The van der Waals surface area contributed by atoms with E-state index in [0.29, 0.717) is 10.9 Å². The molecule has 100 valence electrons. The number of anilines is 1. The predicted octanol–water partition coefficient (Wildman–Crippen LogP) is 4.15. The lowest BCUT2D eigenvalue weighted by molar-refractivity contribution is 0.211. The van der Waals surface area contributed by atoms with E-state index < -0.39 is 0 Å². The van der Waals surface area contributed by atoms with Crippen LogP contribution in [0.4, 0.5) is 10.5 Å². The third-order valence-electron chi connectivity index (χ3n) is 2.61. The second kappa shape index (κ2) is 6.90. The van der Waals surface area contributed by atoms with Crippen molar-refractivity contribution >= 4 is 35.1 Å². The zero-order valence-corrected chi connectivity index (χ0v) is 12.7. The standard InChI is InChI=1S/C13H19ClN2OS/c1-9(2)12(18-4)16(3)13(17)15-11-7-5-10(14)6-8-11/h5-9,12H,1-4H3,(H,15,17). The minimum atomic E-state index is -0.106. The molecule has 0 aliphatic rings. The zero-order valence-electron chi connectivity index (χ0n) is 11.1. The highest BCUT2D eigenvalue weighted by Gasteiger charge is 2.21. The molecule has 1 rings (SSSR count). The van der Waals surface area contributed by atoms with Gasteiger partial charge < -0.3 is 10.2 Å². The molecule has 1 aromatic rings. The maximum absolute atomic E-state index is 12.1. The Labute approximate surface area is 118 Å². The molecule has 0 spiro atoms. The van der Waals surface area contributed by atoms with Gasteiger partial charge in [0.15, 0.2) is 0 Å². The van der Waals surface area contributed by atoms with Crippen molar-refractivity contribution < 1.29 is 4.79 Å². The predicted molar refractivity (Wildman–Crippen MR) is 80.4 cm³/mol. The number of halogens is 1. The summed E-state index contributed by atoms with van der Waals surface area (Å²) in [5, 5.41) is 3.68. The average molecular weight is 287 g/mol. The number of benzene rings is 1. The normalized spacial score (nSPS) is 12.3. The largest absolute Gasteiger partial charge is 0.322 e. The summed E-state index contributed by atoms with van der Waals surface area (Å²) >= 11 is 7.47. The second-order valence-electron chi connectivity index (χ2n) is 4.42. The molecular formula is C13H19ClN2OS. The van der Waals surface area contributed by atoms with Gasteiger partial charge in [-0.05, 0) is 36.4 Å². The van der Waals surface area contributed by atoms with Crippen LogP contribution in [0.3, 0.4) is 0 Å². The third-order valence-corrected chi connectivity index (χ3v) is 4.20. The lowest BCUT2D eigenvalue weighted by Gasteiger charge is -2.29. The summed E-state index contributed by atoms with van der Waals surface area (Å²) < 4.78 is 0. The lowest BCUT2D eigenvalue weighted by Crippen LogP contribution is -2.40. The number of carbonyl (C=O) groups is 1. The smallest absolute Gasteiger partial charge is 0.315 e. The maximum Gasteiger partial charge on any atom is 0.322 e. The monoisotopic (exact) mass is 286 g/mol. The van der Waals surface area contributed by atoms with Crippen LogP contribution in [0, 0.1) is 5.92 Å². The fraction of sp³-hybridized carbons (Fsp3) is 0.462. The van der Waals surface area contributed by atoms with Crippen LogP contribution in [-0.4, -0.2) is 29.6 Å². The zero-order chi connectivity index (χ0) is 13.7. The number of amides is 2. The number of nitrogens with zero attached hydrogens (tertiary/aromatic N) is 1. The SMILES string of the molecule is CSC(C(C)C)N(C)C(=O)Nc1ccc(Cl)cc1. The quantitative estimate of drug-likeness (QED) is 0.844. The summed E-state index contributed by atoms with van der Waals surface area (Å²) in [6.45, 7) is 4.21. The first-order valence-electron chi connectivity index (χ1n) is 5.78. The number of carbonyl (C=O) groups excluding carboxylic acids is 1. The molecule has 0 aliphatic heterocycles. The summed E-state index contributed by atoms with van der Waals surface area (Å²) in [5.74, 6) is 0.404. The number of thioether (sulfide) groups is 1. The molecular weight excluding hydrogens is 268 g/mol. The number of nitrogens with one attached hydrogen (secondary N) is 1. The topological polar surface area (TPSA) is 32.3 Å². The Kier molecular flexibility index (Phi) is 5.82. The third kappa shape index (κ3) is 4.10. The van der Waals surface area contributed by atoms with Crippen LogP contribution in [-0.2, 0) is 0 Å². The first-order chi connectivity index (χ1) is 8.45. The van der Waals surface area contributed by atoms with E-state index in [9.17, 15) is 4.79 Å². The van der Waals surface area contributed by atoms with Crippen LogP contribution in [0.25, 0.3) is 0 Å². The molecule has 0 bridgehead atoms. The number of urea groups is 1. The molecule has 3 nitrogen and oxygen atoms in total. The fourth-order valence-corrected chi connectivity index (χ4v) is 2.82. The Morgan fingerprint density at radius 3 is 2.33 bits per heavy atom. The highest BCUT2D eigenvalue weighted by Crippen LogP contribution is 2.21. The van der Waals surface area contributed by atoms with Gasteiger partial charge in [-0.3, -0.25) is 0 Å². The van der Waals surface area contributed by atoms with Gasteiger partial charge in [0.1, 0.15) is 0 Å². The van der Waals surface area contributed by atoms with E-state index in [1.165, 1.54) is 0 Å². The van der Waals surface area contributed by atoms with Crippen molar-refractivity contribution in [1.29, 1.82) is 0 Å². The van der Waals surface area contributed by atoms with Gasteiger partial charge >= 0.3 is 6.03 Å². The molecule has 2 amide bonds. The van der Waals surface area contributed by atoms with E-state index >= 15 is 0 Å². The summed E-state index contributed by atoms with van der Waals surface area (Å²) in [6.07, 6.45) is 2.01. The van der Waals surface area contributed by atoms with Crippen molar-refractivity contribution in [1.82, 2.24) is 4.90 Å². The van der Waals surface area contributed by atoms with Crippen molar-refractivity contribution in [2.45, 2.75) is 19.2 Å². The Morgan fingerprint density at radius 2 is 1.89 bits per heavy atom. The van der Waals surface area contributed by atoms with Crippen molar-refractivity contribution in [2.75, 3.05) is 18.6 Å². The molecule has 1 N–H and O–H groups in total. The molecule has 0 radical (unpaired) electrons. The molecule has 0 aromatic heterocycles.